The Hall–Kier alpha value is -3.95. The molecule has 1 aliphatic rings. The van der Waals surface area contributed by atoms with Gasteiger partial charge in [0.25, 0.3) is 6.47 Å². The van der Waals surface area contributed by atoms with E-state index in [1.807, 2.05) is 35.8 Å². The molecule has 0 saturated carbocycles. The molecule has 0 spiro atoms. The largest absolute Gasteiger partial charge is 0.483 e. The third-order valence-electron chi connectivity index (χ3n) is 5.58. The van der Waals surface area contributed by atoms with Gasteiger partial charge < -0.3 is 19.7 Å². The Labute approximate surface area is 183 Å². The molecule has 0 radical (unpaired) electrons. The number of carbonyl (C=O) groups excluding carboxylic acids is 2. The summed E-state index contributed by atoms with van der Waals surface area (Å²) in [6.45, 7) is 3.95. The van der Waals surface area contributed by atoms with Gasteiger partial charge in [-0.25, -0.2) is 4.79 Å². The zero-order valence-corrected chi connectivity index (χ0v) is 17.7. The first-order valence-corrected chi connectivity index (χ1v) is 10.1. The summed E-state index contributed by atoms with van der Waals surface area (Å²) in [5.74, 6) is -1.16. The highest BCUT2D eigenvalue weighted by atomic mass is 16.4. The van der Waals surface area contributed by atoms with E-state index in [0.29, 0.717) is 42.8 Å². The fraction of sp³-hybridized carbons (Fsp3) is 0.318. The fourth-order valence-corrected chi connectivity index (χ4v) is 4.13. The lowest BCUT2D eigenvalue weighted by atomic mass is 10.0. The summed E-state index contributed by atoms with van der Waals surface area (Å²) < 4.78 is 1.89. The molecule has 0 saturated heterocycles. The number of fused-ring (bicyclic) bond motifs is 2. The van der Waals surface area contributed by atoms with Gasteiger partial charge in [-0.1, -0.05) is 25.1 Å². The first-order chi connectivity index (χ1) is 15.3. The van der Waals surface area contributed by atoms with Gasteiger partial charge >= 0.3 is 5.97 Å². The van der Waals surface area contributed by atoms with Gasteiger partial charge in [-0.2, -0.15) is 5.10 Å². The first-order valence-electron chi connectivity index (χ1n) is 10.1. The topological polar surface area (TPSA) is 146 Å². The molecule has 1 aromatic carbocycles. The van der Waals surface area contributed by atoms with Gasteiger partial charge in [0.1, 0.15) is 6.04 Å². The zero-order valence-electron chi connectivity index (χ0n) is 17.7. The van der Waals surface area contributed by atoms with Gasteiger partial charge in [0.2, 0.25) is 5.91 Å². The highest BCUT2D eigenvalue weighted by Crippen LogP contribution is 2.29. The summed E-state index contributed by atoms with van der Waals surface area (Å²) in [4.78, 5) is 46.8. The number of hydrogen-bond acceptors (Lipinski definition) is 5. The molecular formula is C22H24N4O6. The van der Waals surface area contributed by atoms with Crippen molar-refractivity contribution < 1.29 is 29.4 Å². The molecule has 3 heterocycles. The van der Waals surface area contributed by atoms with Crippen LogP contribution in [0.2, 0.25) is 0 Å². The SMILES string of the molecule is CCC(C(=O)N1CCc2c(C(=O)O)n[nH]c2C1)n1cc(C(C)=O)c2ccccc21.O=CO. The second kappa shape index (κ2) is 9.46. The average molecular weight is 440 g/mol. The van der Waals surface area contributed by atoms with Crippen molar-refractivity contribution >= 4 is 35.0 Å². The van der Waals surface area contributed by atoms with Gasteiger partial charge in [0.05, 0.1) is 12.2 Å². The number of H-pyrrole nitrogens is 1. The van der Waals surface area contributed by atoms with Crippen LogP contribution in [0.5, 0.6) is 0 Å². The van der Waals surface area contributed by atoms with Crippen LogP contribution in [0.4, 0.5) is 0 Å². The van der Waals surface area contributed by atoms with E-state index in [0.717, 1.165) is 10.9 Å². The molecule has 0 aliphatic carbocycles. The maximum absolute atomic E-state index is 13.4. The van der Waals surface area contributed by atoms with Gasteiger partial charge in [-0.15, -0.1) is 0 Å². The molecule has 168 valence electrons. The van der Waals surface area contributed by atoms with Crippen LogP contribution < -0.4 is 0 Å². The standard InChI is InChI=1S/C21H22N4O4.CH2O2/c1-3-17(25-10-15(12(2)26)13-6-4-5-7-18(13)25)20(27)24-9-8-14-16(11-24)22-23-19(14)21(28)29;2-1-3/h4-7,10,17H,3,8-9,11H2,1-2H3,(H,22,23)(H,28,29);1H,(H,2,3). The van der Waals surface area contributed by atoms with Crippen molar-refractivity contribution in [1.29, 1.82) is 0 Å². The molecule has 3 aromatic rings. The van der Waals surface area contributed by atoms with E-state index in [1.165, 1.54) is 6.92 Å². The Morgan fingerprint density at radius 2 is 1.97 bits per heavy atom. The van der Waals surface area contributed by atoms with Gasteiger partial charge in [0.15, 0.2) is 11.5 Å². The van der Waals surface area contributed by atoms with Gasteiger partial charge in [0, 0.05) is 34.8 Å². The number of aromatic nitrogens is 3. The molecule has 1 amide bonds. The van der Waals surface area contributed by atoms with E-state index in [4.69, 9.17) is 9.90 Å². The highest BCUT2D eigenvalue weighted by molar-refractivity contribution is 6.07. The minimum absolute atomic E-state index is 0.0293. The molecule has 32 heavy (non-hydrogen) atoms. The number of carboxylic acid groups (broad SMARTS) is 2. The Balaban J connectivity index is 0.000000913. The fourth-order valence-electron chi connectivity index (χ4n) is 4.13. The van der Waals surface area contributed by atoms with E-state index in [-0.39, 0.29) is 23.9 Å². The van der Waals surface area contributed by atoms with Crippen molar-refractivity contribution in [3.8, 4) is 0 Å². The van der Waals surface area contributed by atoms with Gasteiger partial charge in [-0.3, -0.25) is 19.5 Å². The Morgan fingerprint density at radius 1 is 1.28 bits per heavy atom. The minimum Gasteiger partial charge on any atom is -0.483 e. The molecule has 1 aliphatic heterocycles. The maximum Gasteiger partial charge on any atom is 0.356 e. The third kappa shape index (κ3) is 4.11. The molecule has 0 fully saturated rings. The number of rotatable bonds is 5. The molecule has 3 N–H and O–H groups in total. The number of benzene rings is 1. The van der Waals surface area contributed by atoms with Crippen molar-refractivity contribution in [3.63, 3.8) is 0 Å². The van der Waals surface area contributed by atoms with Crippen molar-refractivity contribution in [3.05, 3.63) is 53.0 Å². The van der Waals surface area contributed by atoms with Crippen LogP contribution in [0.3, 0.4) is 0 Å². The number of para-hydroxylation sites is 1. The highest BCUT2D eigenvalue weighted by Gasteiger charge is 2.31. The predicted molar refractivity (Wildman–Crippen MR) is 115 cm³/mol. The number of Topliss-reactive ketones (excluding diaryl/α,β-unsaturated/α-hetero) is 1. The van der Waals surface area contributed by atoms with Crippen LogP contribution in [-0.2, 0) is 22.6 Å². The number of hydrogen-bond donors (Lipinski definition) is 3. The quantitative estimate of drug-likeness (QED) is 0.408. The van der Waals surface area contributed by atoms with E-state index >= 15 is 0 Å². The molecular weight excluding hydrogens is 416 g/mol. The lowest BCUT2D eigenvalue weighted by Crippen LogP contribution is -2.40. The Morgan fingerprint density at radius 3 is 2.59 bits per heavy atom. The summed E-state index contributed by atoms with van der Waals surface area (Å²) in [5, 5.41) is 23.6. The number of nitrogens with zero attached hydrogens (tertiary/aromatic N) is 3. The zero-order chi connectivity index (χ0) is 23.4. The lowest BCUT2D eigenvalue weighted by molar-refractivity contribution is -0.135. The number of aromatic amines is 1. The third-order valence-corrected chi connectivity index (χ3v) is 5.58. The number of amides is 1. The molecule has 2 aromatic heterocycles. The predicted octanol–water partition coefficient (Wildman–Crippen LogP) is 2.50. The number of carboxylic acids is 1. The smallest absolute Gasteiger partial charge is 0.356 e. The van der Waals surface area contributed by atoms with Crippen LogP contribution in [0.15, 0.2) is 30.5 Å². The molecule has 10 nitrogen and oxygen atoms in total. The summed E-state index contributed by atoms with van der Waals surface area (Å²) in [6.07, 6.45) is 2.79. The van der Waals surface area contributed by atoms with E-state index in [2.05, 4.69) is 10.2 Å². The van der Waals surface area contributed by atoms with Crippen LogP contribution in [0, 0.1) is 0 Å². The van der Waals surface area contributed by atoms with Crippen LogP contribution in [0.25, 0.3) is 10.9 Å². The normalized spacial score (nSPS) is 13.6. The van der Waals surface area contributed by atoms with E-state index < -0.39 is 12.0 Å². The summed E-state index contributed by atoms with van der Waals surface area (Å²) in [7, 11) is 0. The summed E-state index contributed by atoms with van der Waals surface area (Å²) in [5.41, 5.74) is 2.82. The number of ketones is 1. The van der Waals surface area contributed by atoms with Crippen molar-refractivity contribution in [2.45, 2.75) is 39.3 Å². The lowest BCUT2D eigenvalue weighted by Gasteiger charge is -2.31. The summed E-state index contributed by atoms with van der Waals surface area (Å²) >= 11 is 0. The van der Waals surface area contributed by atoms with E-state index in [9.17, 15) is 19.5 Å². The van der Waals surface area contributed by atoms with Crippen LogP contribution in [0.1, 0.15) is 58.4 Å². The molecule has 1 unspecified atom stereocenters. The Bertz CT molecular complexity index is 1180. The molecule has 10 heteroatoms. The van der Waals surface area contributed by atoms with Crippen LogP contribution in [-0.4, -0.2) is 60.6 Å². The number of carbonyl (C=O) groups is 4. The Kier molecular flexibility index (Phi) is 6.72. The molecule has 0 bridgehead atoms. The van der Waals surface area contributed by atoms with E-state index in [1.54, 1.807) is 11.1 Å². The number of nitrogens with one attached hydrogen (secondary N) is 1. The van der Waals surface area contributed by atoms with Gasteiger partial charge in [-0.05, 0) is 25.8 Å². The first kappa shape index (κ1) is 22.7. The van der Waals surface area contributed by atoms with Crippen LogP contribution >= 0.6 is 0 Å². The second-order valence-corrected chi connectivity index (χ2v) is 7.40. The average Bonchev–Trinajstić information content (AvgIpc) is 3.36. The summed E-state index contributed by atoms with van der Waals surface area (Å²) in [6, 6.07) is 7.14. The second-order valence-electron chi connectivity index (χ2n) is 7.40. The van der Waals surface area contributed by atoms with Crippen molar-refractivity contribution in [1.82, 2.24) is 19.7 Å². The molecule has 4 rings (SSSR count). The van der Waals surface area contributed by atoms with Crippen molar-refractivity contribution in [2.75, 3.05) is 6.54 Å². The monoisotopic (exact) mass is 440 g/mol. The molecule has 1 atom stereocenters. The minimum atomic E-state index is -1.07. The van der Waals surface area contributed by atoms with Crippen molar-refractivity contribution in [2.24, 2.45) is 0 Å². The number of aromatic carboxylic acids is 1. The maximum atomic E-state index is 13.4.